The van der Waals surface area contributed by atoms with E-state index in [-0.39, 0.29) is 11.7 Å². The van der Waals surface area contributed by atoms with Crippen LogP contribution in [0.1, 0.15) is 29.3 Å². The van der Waals surface area contributed by atoms with Gasteiger partial charge in [-0.25, -0.2) is 5.43 Å². The number of rotatable bonds is 5. The van der Waals surface area contributed by atoms with Gasteiger partial charge in [0.2, 0.25) is 0 Å². The monoisotopic (exact) mass is 348 g/mol. The van der Waals surface area contributed by atoms with Crippen molar-refractivity contribution in [3.63, 3.8) is 0 Å². The Kier molecular flexibility index (Phi) is 5.17. The van der Waals surface area contributed by atoms with E-state index in [1.165, 1.54) is 12.1 Å². The van der Waals surface area contributed by atoms with Gasteiger partial charge in [0.1, 0.15) is 11.5 Å². The molecule has 0 heterocycles. The number of hydrazone groups is 1. The van der Waals surface area contributed by atoms with Gasteiger partial charge >= 0.3 is 0 Å². The molecule has 0 aliphatic rings. The smallest absolute Gasteiger partial charge is 0.271 e. The summed E-state index contributed by atoms with van der Waals surface area (Å²) in [5, 5.41) is 15.9. The minimum absolute atomic E-state index is 0.0438. The number of nitrogens with zero attached hydrogens (tertiary/aromatic N) is 1. The van der Waals surface area contributed by atoms with Crippen molar-refractivity contribution < 1.29 is 14.6 Å². The van der Waals surface area contributed by atoms with Gasteiger partial charge in [-0.2, -0.15) is 5.10 Å². The predicted octanol–water partition coefficient (Wildman–Crippen LogP) is 4.10. The van der Waals surface area contributed by atoms with Gasteiger partial charge in [0.05, 0.1) is 12.8 Å². The number of nitrogens with one attached hydrogen (secondary N) is 1. The van der Waals surface area contributed by atoms with E-state index in [1.54, 1.807) is 19.2 Å². The highest BCUT2D eigenvalue weighted by atomic mass is 16.5. The second-order valence-corrected chi connectivity index (χ2v) is 5.83. The molecule has 2 N–H and O–H groups in total. The Morgan fingerprint density at radius 3 is 2.54 bits per heavy atom. The number of hydrogen-bond acceptors (Lipinski definition) is 4. The van der Waals surface area contributed by atoms with E-state index >= 15 is 0 Å². The number of benzene rings is 3. The van der Waals surface area contributed by atoms with Crippen LogP contribution < -0.4 is 10.2 Å². The molecule has 0 bridgehead atoms. The summed E-state index contributed by atoms with van der Waals surface area (Å²) < 4.78 is 5.25. The van der Waals surface area contributed by atoms with Gasteiger partial charge in [-0.3, -0.25) is 4.79 Å². The molecule has 0 aromatic heterocycles. The van der Waals surface area contributed by atoms with Crippen molar-refractivity contribution in [1.29, 1.82) is 0 Å². The van der Waals surface area contributed by atoms with E-state index in [9.17, 15) is 9.90 Å². The first-order valence-electron chi connectivity index (χ1n) is 8.35. The van der Waals surface area contributed by atoms with Crippen molar-refractivity contribution in [2.75, 3.05) is 7.11 Å². The van der Waals surface area contributed by atoms with Crippen LogP contribution in [0.3, 0.4) is 0 Å². The lowest BCUT2D eigenvalue weighted by Gasteiger charge is -2.08. The molecule has 0 saturated carbocycles. The number of ether oxygens (including phenoxy) is 1. The largest absolute Gasteiger partial charge is 0.508 e. The first-order chi connectivity index (χ1) is 12.6. The van der Waals surface area contributed by atoms with Crippen LogP contribution in [0, 0.1) is 0 Å². The molecule has 0 fully saturated rings. The predicted molar refractivity (Wildman–Crippen MR) is 103 cm³/mol. The highest BCUT2D eigenvalue weighted by Crippen LogP contribution is 2.22. The zero-order valence-corrected chi connectivity index (χ0v) is 14.7. The minimum Gasteiger partial charge on any atom is -0.508 e. The molecule has 3 rings (SSSR count). The molecule has 0 saturated heterocycles. The fourth-order valence-corrected chi connectivity index (χ4v) is 2.71. The molecule has 0 aliphatic carbocycles. The summed E-state index contributed by atoms with van der Waals surface area (Å²) in [7, 11) is 1.65. The molecule has 0 radical (unpaired) electrons. The summed E-state index contributed by atoms with van der Waals surface area (Å²) in [6.07, 6.45) is 0.669. The standard InChI is InChI=1S/C21H20N2O3/c1-3-20(22-23-21(25)17-5-4-6-18(24)12-17)16-8-7-15-13-19(26-2)10-9-14(15)11-16/h4-13,24H,3H2,1-2H3,(H,23,25)/b22-20-. The first-order valence-corrected chi connectivity index (χ1v) is 8.35. The summed E-state index contributed by atoms with van der Waals surface area (Å²) in [6, 6.07) is 18.1. The van der Waals surface area contributed by atoms with Crippen LogP contribution in [0.4, 0.5) is 0 Å². The molecule has 0 unspecified atom stereocenters. The number of phenolic OH excluding ortho intramolecular Hbond substituents is 1. The number of phenols is 1. The second-order valence-electron chi connectivity index (χ2n) is 5.83. The molecule has 26 heavy (non-hydrogen) atoms. The summed E-state index contributed by atoms with van der Waals surface area (Å²) in [6.45, 7) is 1.98. The summed E-state index contributed by atoms with van der Waals surface area (Å²) in [5.41, 5.74) is 4.64. The Morgan fingerprint density at radius 2 is 1.81 bits per heavy atom. The topological polar surface area (TPSA) is 70.9 Å². The van der Waals surface area contributed by atoms with Crippen LogP contribution in [0.2, 0.25) is 0 Å². The molecule has 3 aromatic carbocycles. The van der Waals surface area contributed by atoms with E-state index < -0.39 is 0 Å². The van der Waals surface area contributed by atoms with Crippen LogP contribution in [0.5, 0.6) is 11.5 Å². The van der Waals surface area contributed by atoms with E-state index in [1.807, 2.05) is 43.3 Å². The quantitative estimate of drug-likeness (QED) is 0.539. The van der Waals surface area contributed by atoms with Gasteiger partial charge < -0.3 is 9.84 Å². The molecule has 0 aliphatic heterocycles. The fraction of sp³-hybridized carbons (Fsp3) is 0.143. The second kappa shape index (κ2) is 7.70. The number of carbonyl (C=O) groups excluding carboxylic acids is 1. The Labute approximate surface area is 151 Å². The minimum atomic E-state index is -0.364. The van der Waals surface area contributed by atoms with E-state index in [2.05, 4.69) is 10.5 Å². The lowest BCUT2D eigenvalue weighted by atomic mass is 10.0. The van der Waals surface area contributed by atoms with Crippen LogP contribution >= 0.6 is 0 Å². The SMILES string of the molecule is CC/C(=N/NC(=O)c1cccc(O)c1)c1ccc2cc(OC)ccc2c1. The molecule has 5 heteroatoms. The van der Waals surface area contributed by atoms with Crippen molar-refractivity contribution in [2.24, 2.45) is 5.10 Å². The van der Waals surface area contributed by atoms with Crippen molar-refractivity contribution in [3.8, 4) is 11.5 Å². The van der Waals surface area contributed by atoms with Gasteiger partial charge in [0.15, 0.2) is 0 Å². The van der Waals surface area contributed by atoms with Crippen LogP contribution in [-0.2, 0) is 0 Å². The van der Waals surface area contributed by atoms with E-state index in [4.69, 9.17) is 4.74 Å². The lowest BCUT2D eigenvalue weighted by Crippen LogP contribution is -2.19. The highest BCUT2D eigenvalue weighted by Gasteiger charge is 2.08. The molecular formula is C21H20N2O3. The third-order valence-electron chi connectivity index (χ3n) is 4.12. The van der Waals surface area contributed by atoms with Gasteiger partial charge in [0, 0.05) is 5.56 Å². The number of amides is 1. The highest BCUT2D eigenvalue weighted by molar-refractivity contribution is 6.04. The molecule has 1 amide bonds. The first kappa shape index (κ1) is 17.5. The van der Waals surface area contributed by atoms with E-state index in [0.717, 1.165) is 27.8 Å². The maximum atomic E-state index is 12.2. The number of aromatic hydroxyl groups is 1. The van der Waals surface area contributed by atoms with Crippen LogP contribution in [0.15, 0.2) is 65.8 Å². The average Bonchev–Trinajstić information content (AvgIpc) is 2.67. The summed E-state index contributed by atoms with van der Waals surface area (Å²) in [5.74, 6) is 0.493. The van der Waals surface area contributed by atoms with Gasteiger partial charge in [-0.05, 0) is 59.2 Å². The fourth-order valence-electron chi connectivity index (χ4n) is 2.71. The van der Waals surface area contributed by atoms with Crippen molar-refractivity contribution >= 4 is 22.4 Å². The third-order valence-corrected chi connectivity index (χ3v) is 4.12. The number of fused-ring (bicyclic) bond motifs is 1. The van der Waals surface area contributed by atoms with Gasteiger partial charge in [-0.15, -0.1) is 0 Å². The maximum absolute atomic E-state index is 12.2. The molecule has 0 atom stereocenters. The molecule has 132 valence electrons. The normalized spacial score (nSPS) is 11.4. The van der Waals surface area contributed by atoms with Crippen LogP contribution in [-0.4, -0.2) is 23.8 Å². The van der Waals surface area contributed by atoms with Crippen molar-refractivity contribution in [3.05, 3.63) is 71.8 Å². The molecule has 5 nitrogen and oxygen atoms in total. The molecular weight excluding hydrogens is 328 g/mol. The maximum Gasteiger partial charge on any atom is 0.271 e. The van der Waals surface area contributed by atoms with Crippen LogP contribution in [0.25, 0.3) is 10.8 Å². The Bertz CT molecular complexity index is 980. The van der Waals surface area contributed by atoms with Gasteiger partial charge in [-0.1, -0.05) is 31.2 Å². The third kappa shape index (κ3) is 3.83. The van der Waals surface area contributed by atoms with E-state index in [0.29, 0.717) is 12.0 Å². The summed E-state index contributed by atoms with van der Waals surface area (Å²) in [4.78, 5) is 12.2. The average molecular weight is 348 g/mol. The number of carbonyl (C=O) groups is 1. The number of hydrogen-bond donors (Lipinski definition) is 2. The molecule has 3 aromatic rings. The molecule has 0 spiro atoms. The zero-order valence-electron chi connectivity index (χ0n) is 14.7. The summed E-state index contributed by atoms with van der Waals surface area (Å²) >= 11 is 0. The Hall–Kier alpha value is -3.34. The van der Waals surface area contributed by atoms with Gasteiger partial charge in [0.25, 0.3) is 5.91 Å². The number of methoxy groups -OCH3 is 1. The zero-order chi connectivity index (χ0) is 18.5. The van der Waals surface area contributed by atoms with Crippen molar-refractivity contribution in [2.45, 2.75) is 13.3 Å². The Balaban J connectivity index is 1.84. The lowest BCUT2D eigenvalue weighted by molar-refractivity contribution is 0.0954. The Morgan fingerprint density at radius 1 is 1.04 bits per heavy atom. The van der Waals surface area contributed by atoms with Crippen molar-refractivity contribution in [1.82, 2.24) is 5.43 Å².